The predicted octanol–water partition coefficient (Wildman–Crippen LogP) is 2.71. The lowest BCUT2D eigenvalue weighted by molar-refractivity contribution is 0.0904. The van der Waals surface area contributed by atoms with E-state index in [9.17, 15) is 26.3 Å². The number of aliphatic hydroxyl groups excluding tert-OH is 1. The molecule has 0 bridgehead atoms. The third kappa shape index (κ3) is 6.35. The smallest absolute Gasteiger partial charge is 0.247 e. The van der Waals surface area contributed by atoms with E-state index in [1.807, 2.05) is 0 Å². The van der Waals surface area contributed by atoms with Crippen molar-refractivity contribution in [2.45, 2.75) is 35.8 Å². The van der Waals surface area contributed by atoms with Gasteiger partial charge < -0.3 is 9.84 Å². The molecule has 0 fully saturated rings. The topological polar surface area (TPSA) is 117 Å². The summed E-state index contributed by atoms with van der Waals surface area (Å²) in [6.07, 6.45) is 2.45. The molecule has 3 aromatic rings. The largest absolute Gasteiger partial charge is 0.487 e. The van der Waals surface area contributed by atoms with Gasteiger partial charge in [0, 0.05) is 49.1 Å². The van der Waals surface area contributed by atoms with E-state index in [0.29, 0.717) is 5.56 Å². The molecule has 0 saturated carbocycles. The first-order chi connectivity index (χ1) is 18.9. The molecule has 212 valence electrons. The number of likely N-dealkylation sites (N-methyl/N-ethyl adjacent to an activating group) is 1. The number of ether oxygens (including phenoxy) is 1. The van der Waals surface area contributed by atoms with Crippen molar-refractivity contribution in [1.29, 1.82) is 0 Å². The van der Waals surface area contributed by atoms with Crippen molar-refractivity contribution in [2.75, 3.05) is 26.7 Å². The number of sulfonamides is 2. The van der Waals surface area contributed by atoms with Gasteiger partial charge in [-0.05, 0) is 61.5 Å². The van der Waals surface area contributed by atoms with Crippen LogP contribution in [0.3, 0.4) is 0 Å². The molecular weight excluding hydrogens is 557 g/mol. The van der Waals surface area contributed by atoms with Crippen LogP contribution >= 0.6 is 0 Å². The van der Waals surface area contributed by atoms with Gasteiger partial charge in [0.1, 0.15) is 22.6 Å². The summed E-state index contributed by atoms with van der Waals surface area (Å²) >= 11 is 0. The van der Waals surface area contributed by atoms with Crippen molar-refractivity contribution in [2.24, 2.45) is 5.92 Å². The van der Waals surface area contributed by atoms with Gasteiger partial charge in [-0.2, -0.15) is 8.61 Å². The van der Waals surface area contributed by atoms with Crippen LogP contribution < -0.4 is 4.74 Å². The molecule has 1 aromatic heterocycles. The number of aliphatic hydroxyl groups is 1. The molecule has 0 aliphatic carbocycles. The van der Waals surface area contributed by atoms with Crippen LogP contribution in [0.25, 0.3) is 0 Å². The highest BCUT2D eigenvalue weighted by molar-refractivity contribution is 7.89. The number of halogens is 1. The highest BCUT2D eigenvalue weighted by Gasteiger charge is 2.39. The molecule has 2 heterocycles. The number of rotatable bonds is 6. The highest BCUT2D eigenvalue weighted by Crippen LogP contribution is 2.34. The van der Waals surface area contributed by atoms with Gasteiger partial charge in [-0.25, -0.2) is 21.2 Å². The number of pyridine rings is 1. The molecule has 3 atom stereocenters. The van der Waals surface area contributed by atoms with Gasteiger partial charge in [0.2, 0.25) is 20.0 Å². The van der Waals surface area contributed by atoms with Crippen molar-refractivity contribution in [3.05, 3.63) is 83.9 Å². The van der Waals surface area contributed by atoms with Gasteiger partial charge >= 0.3 is 0 Å². The van der Waals surface area contributed by atoms with E-state index in [-0.39, 0.29) is 28.6 Å². The Balaban J connectivity index is 1.74. The lowest BCUT2D eigenvalue weighted by Gasteiger charge is -2.37. The molecule has 0 radical (unpaired) electrons. The van der Waals surface area contributed by atoms with Crippen molar-refractivity contribution in [3.8, 4) is 17.6 Å². The van der Waals surface area contributed by atoms with Crippen molar-refractivity contribution < 1.29 is 31.1 Å². The summed E-state index contributed by atoms with van der Waals surface area (Å²) in [6, 6.07) is 11.8. The normalized spacial score (nSPS) is 19.9. The Morgan fingerprint density at radius 3 is 2.42 bits per heavy atom. The lowest BCUT2D eigenvalue weighted by atomic mass is 10.0. The van der Waals surface area contributed by atoms with E-state index >= 15 is 0 Å². The number of hydrogen-bond donors (Lipinski definition) is 1. The number of hydrogen-bond acceptors (Lipinski definition) is 7. The summed E-state index contributed by atoms with van der Waals surface area (Å²) in [7, 11) is -6.68. The molecule has 1 aliphatic heterocycles. The van der Waals surface area contributed by atoms with Crippen LogP contribution in [0.4, 0.5) is 4.39 Å². The van der Waals surface area contributed by atoms with Crippen molar-refractivity contribution in [3.63, 3.8) is 0 Å². The van der Waals surface area contributed by atoms with Crippen LogP contribution in [0.1, 0.15) is 25.0 Å². The van der Waals surface area contributed by atoms with Crippen molar-refractivity contribution >= 4 is 20.0 Å². The van der Waals surface area contributed by atoms with Crippen LogP contribution in [-0.2, 0) is 20.0 Å². The lowest BCUT2D eigenvalue weighted by Crippen LogP contribution is -2.50. The van der Waals surface area contributed by atoms with Crippen LogP contribution in [0.15, 0.2) is 76.8 Å². The molecule has 0 saturated heterocycles. The zero-order valence-electron chi connectivity index (χ0n) is 22.2. The Kier molecular flexibility index (Phi) is 8.92. The quantitative estimate of drug-likeness (QED) is 0.441. The van der Waals surface area contributed by atoms with E-state index in [1.54, 1.807) is 44.4 Å². The van der Waals surface area contributed by atoms with Gasteiger partial charge in [-0.15, -0.1) is 0 Å². The van der Waals surface area contributed by atoms with Gasteiger partial charge in [-0.3, -0.25) is 4.98 Å². The van der Waals surface area contributed by atoms with Crippen LogP contribution in [0, 0.1) is 23.6 Å². The summed E-state index contributed by atoms with van der Waals surface area (Å²) in [5, 5.41) is 9.83. The second-order valence-corrected chi connectivity index (χ2v) is 13.5. The first-order valence-electron chi connectivity index (χ1n) is 12.5. The molecule has 0 unspecified atom stereocenters. The fourth-order valence-corrected chi connectivity index (χ4v) is 7.25. The number of nitrogens with zero attached hydrogens (tertiary/aromatic N) is 3. The van der Waals surface area contributed by atoms with Gasteiger partial charge in [-0.1, -0.05) is 18.8 Å². The van der Waals surface area contributed by atoms with E-state index in [1.165, 1.54) is 35.6 Å². The first kappa shape index (κ1) is 29.6. The molecule has 4 rings (SSSR count). The van der Waals surface area contributed by atoms with Crippen LogP contribution in [0.2, 0.25) is 0 Å². The van der Waals surface area contributed by atoms with E-state index < -0.39 is 50.5 Å². The Morgan fingerprint density at radius 1 is 1.12 bits per heavy atom. The minimum atomic E-state index is -4.07. The second-order valence-electron chi connectivity index (χ2n) is 9.63. The standard InChI is InChI=1S/C28H30FN3O6S2/c1-20-17-32(21(2)19-33)40(36,37)28-11-6-23(5-4-22-12-14-30-15-13-22)16-26(28)38-27(20)18-31(3)39(34,35)25-9-7-24(29)8-10-25/h6-16,20-21,27,33H,17-19H2,1-3H3/t20-,21+,27+/m1/s1. The maximum absolute atomic E-state index is 13.7. The van der Waals surface area contributed by atoms with Gasteiger partial charge in [0.25, 0.3) is 0 Å². The average molecular weight is 588 g/mol. The van der Waals surface area contributed by atoms with Gasteiger partial charge in [0.15, 0.2) is 0 Å². The highest BCUT2D eigenvalue weighted by atomic mass is 32.2. The molecule has 40 heavy (non-hydrogen) atoms. The molecular formula is C28H30FN3O6S2. The molecule has 12 heteroatoms. The van der Waals surface area contributed by atoms with E-state index in [0.717, 1.165) is 22.0 Å². The number of aromatic nitrogens is 1. The third-order valence-electron chi connectivity index (χ3n) is 6.66. The molecule has 0 spiro atoms. The summed E-state index contributed by atoms with van der Waals surface area (Å²) in [5.74, 6) is 4.98. The monoisotopic (exact) mass is 587 g/mol. The van der Waals surface area contributed by atoms with Crippen LogP contribution in [-0.4, -0.2) is 74.4 Å². The van der Waals surface area contributed by atoms with E-state index in [2.05, 4.69) is 16.8 Å². The van der Waals surface area contributed by atoms with Gasteiger partial charge in [0.05, 0.1) is 18.0 Å². The Bertz CT molecular complexity index is 1620. The number of fused-ring (bicyclic) bond motifs is 1. The van der Waals surface area contributed by atoms with Crippen molar-refractivity contribution in [1.82, 2.24) is 13.6 Å². The third-order valence-corrected chi connectivity index (χ3v) is 10.5. The fraction of sp³-hybridized carbons (Fsp3) is 0.321. The summed E-state index contributed by atoms with van der Waals surface area (Å²) in [4.78, 5) is 3.77. The van der Waals surface area contributed by atoms with Crippen LogP contribution in [0.5, 0.6) is 5.75 Å². The molecule has 1 N–H and O–H groups in total. The molecule has 1 aliphatic rings. The Morgan fingerprint density at radius 2 is 1.77 bits per heavy atom. The zero-order chi connectivity index (χ0) is 29.1. The minimum Gasteiger partial charge on any atom is -0.487 e. The first-order valence-corrected chi connectivity index (χ1v) is 15.4. The maximum atomic E-state index is 13.7. The Hall–Kier alpha value is -3.34. The minimum absolute atomic E-state index is 0.0117. The zero-order valence-corrected chi connectivity index (χ0v) is 23.9. The SMILES string of the molecule is C[C@@H]1CN([C@@H](C)CO)S(=O)(=O)c2ccc(C#Cc3ccncc3)cc2O[C@H]1CN(C)S(=O)(=O)c1ccc(F)cc1. The summed E-state index contributed by atoms with van der Waals surface area (Å²) < 4.78 is 75.7. The Labute approximate surface area is 234 Å². The fourth-order valence-electron chi connectivity index (χ4n) is 4.24. The average Bonchev–Trinajstić information content (AvgIpc) is 2.94. The molecule has 0 amide bonds. The predicted molar refractivity (Wildman–Crippen MR) is 147 cm³/mol. The molecule has 2 aromatic carbocycles. The van der Waals surface area contributed by atoms with E-state index in [4.69, 9.17) is 4.74 Å². The summed E-state index contributed by atoms with van der Waals surface area (Å²) in [5.41, 5.74) is 1.21. The second kappa shape index (κ2) is 12.0. The maximum Gasteiger partial charge on any atom is 0.247 e. The summed E-state index contributed by atoms with van der Waals surface area (Å²) in [6.45, 7) is 2.83. The molecule has 9 nitrogen and oxygen atoms in total. The number of benzene rings is 2.